The molecular weight excluding hydrogens is 1510 g/mol. The molecule has 23 aromatic carbocycles. The van der Waals surface area contributed by atoms with Crippen molar-refractivity contribution in [2.24, 2.45) is 0 Å². The summed E-state index contributed by atoms with van der Waals surface area (Å²) in [5.41, 5.74) is 37.1. The van der Waals surface area contributed by atoms with Crippen LogP contribution in [-0.2, 0) is 0 Å². The Morgan fingerprint density at radius 3 is 0.373 bits per heavy atom. The third-order valence-corrected chi connectivity index (χ3v) is 25.7. The van der Waals surface area contributed by atoms with Crippen LogP contribution in [0.5, 0.6) is 0 Å². The summed E-state index contributed by atoms with van der Waals surface area (Å²) in [6.45, 7) is 0. The molecule has 0 unspecified atom stereocenters. The fraction of sp³-hybridized carbons (Fsp3) is 0. The van der Waals surface area contributed by atoms with Gasteiger partial charge in [0.2, 0.25) is 0 Å². The van der Waals surface area contributed by atoms with Crippen molar-refractivity contribution in [3.63, 3.8) is 0 Å². The third kappa shape index (κ3) is 13.8. The molecule has 0 saturated carbocycles. The van der Waals surface area contributed by atoms with E-state index >= 15 is 0 Å². The molecule has 0 amide bonds. The summed E-state index contributed by atoms with van der Waals surface area (Å²) in [5.74, 6) is 0. The van der Waals surface area contributed by atoms with E-state index < -0.39 is 0 Å². The van der Waals surface area contributed by atoms with Crippen LogP contribution in [0.25, 0.3) is 243 Å². The molecular formula is C126H82. The maximum Gasteiger partial charge on any atom is -0.00257 e. The summed E-state index contributed by atoms with van der Waals surface area (Å²) >= 11 is 0. The highest BCUT2D eigenvalue weighted by Crippen LogP contribution is 2.54. The lowest BCUT2D eigenvalue weighted by Crippen LogP contribution is -1.96. The first kappa shape index (κ1) is 74.7. The van der Waals surface area contributed by atoms with Gasteiger partial charge in [-0.3, -0.25) is 0 Å². The Morgan fingerprint density at radius 2 is 0.190 bits per heavy atom. The van der Waals surface area contributed by atoms with E-state index in [1.54, 1.807) is 0 Å². The molecule has 0 saturated heterocycles. The highest BCUT2D eigenvalue weighted by Gasteiger charge is 2.27. The lowest BCUT2D eigenvalue weighted by atomic mass is 9.80. The summed E-state index contributed by atoms with van der Waals surface area (Å²) in [6.07, 6.45) is 0. The minimum atomic E-state index is 1.13. The van der Waals surface area contributed by atoms with Crippen LogP contribution in [0.15, 0.2) is 497 Å². The molecule has 0 bridgehead atoms. The molecule has 0 nitrogen and oxygen atoms in total. The van der Waals surface area contributed by atoms with Crippen LogP contribution in [-0.4, -0.2) is 0 Å². The Hall–Kier alpha value is -16.4. The fourth-order valence-electron chi connectivity index (χ4n) is 19.8. The lowest BCUT2D eigenvalue weighted by Gasteiger charge is -2.23. The van der Waals surface area contributed by atoms with Crippen LogP contribution < -0.4 is 0 Å². The van der Waals surface area contributed by atoms with Gasteiger partial charge < -0.3 is 0 Å². The molecule has 0 N–H and O–H groups in total. The van der Waals surface area contributed by atoms with E-state index in [-0.39, 0.29) is 0 Å². The SMILES string of the molecule is c1ccc(-c2cc(-c3ccccc3)cc(-c3c4ccc(-c5c6ccccc6c(-c6ccc7c(-c8cc(-c9ccccc9)cc(-c9ccccc9)c8)c8cc(-c9ccccc9)ccc8c(-c8cc(-c9ccccc9)cc(-c9ccccc9)c8)c7c6)c6ccccc56)cc4c(-c4cc(-c5ccccc5)cc(-c5ccccc5)c4)c4ccc(-c5ccccc5)cc34)c2)cc1. The summed E-state index contributed by atoms with van der Waals surface area (Å²) < 4.78 is 0. The first-order valence-corrected chi connectivity index (χ1v) is 43.6. The molecule has 0 heteroatoms. The molecule has 0 atom stereocenters. The largest absolute Gasteiger partial charge is 0.0622 e. The third-order valence-electron chi connectivity index (χ3n) is 25.7. The van der Waals surface area contributed by atoms with E-state index in [0.717, 1.165) is 155 Å². The van der Waals surface area contributed by atoms with Crippen molar-refractivity contribution in [3.8, 4) is 178 Å². The van der Waals surface area contributed by atoms with E-state index in [2.05, 4.69) is 497 Å². The van der Waals surface area contributed by atoms with E-state index in [1.807, 2.05) is 0 Å². The van der Waals surface area contributed by atoms with E-state index in [9.17, 15) is 0 Å². The molecule has 126 heavy (non-hydrogen) atoms. The molecule has 23 aromatic rings. The molecule has 0 spiro atoms. The molecule has 0 aromatic heterocycles. The minimum Gasteiger partial charge on any atom is -0.0622 e. The topological polar surface area (TPSA) is 0 Å². The summed E-state index contributed by atoms with van der Waals surface area (Å²) in [7, 11) is 0. The van der Waals surface area contributed by atoms with Gasteiger partial charge in [-0.15, -0.1) is 0 Å². The summed E-state index contributed by atoms with van der Waals surface area (Å²) in [4.78, 5) is 0. The van der Waals surface area contributed by atoms with Crippen molar-refractivity contribution in [1.29, 1.82) is 0 Å². The molecule has 0 aliphatic heterocycles. The first-order valence-electron chi connectivity index (χ1n) is 43.6. The standard InChI is InChI=1S/C126H82/c1-11-35-83(36-12-1)93-59-63-113-117(79-93)123(105-71-97(85-39-15-3-16-40-85)67-98(72-105)86-41-17-4-18-42-86)115-65-61-95(81-119(115)125(113)107-75-101(89-47-23-7-24-48-89)69-102(76-107)90-49-25-8-26-50-90)121-109-55-31-33-57-111(109)122(112-58-34-32-56-110(112)121)96-62-66-116-120(82-96)126(108-77-103(91-51-27-9-28-52-91)70-104(78-108)92-53-29-10-30-54-92)114-64-60-94(84-37-13-2-14-38-84)80-118(114)124(116)106-73-99(87-43-19-5-20-44-87)68-100(74-106)88-45-21-6-22-46-88/h1-82H. The van der Waals surface area contributed by atoms with Crippen LogP contribution in [0, 0.1) is 0 Å². The molecule has 0 heterocycles. The number of rotatable bonds is 16. The van der Waals surface area contributed by atoms with Crippen molar-refractivity contribution < 1.29 is 0 Å². The van der Waals surface area contributed by atoms with Crippen molar-refractivity contribution in [2.75, 3.05) is 0 Å². The van der Waals surface area contributed by atoms with Gasteiger partial charge in [0.1, 0.15) is 0 Å². The van der Waals surface area contributed by atoms with Gasteiger partial charge >= 0.3 is 0 Å². The maximum absolute atomic E-state index is 2.56. The van der Waals surface area contributed by atoms with Crippen molar-refractivity contribution in [3.05, 3.63) is 497 Å². The van der Waals surface area contributed by atoms with Crippen LogP contribution in [0.4, 0.5) is 0 Å². The number of fused-ring (bicyclic) bond motifs is 6. The van der Waals surface area contributed by atoms with Crippen molar-refractivity contribution in [1.82, 2.24) is 0 Å². The molecule has 586 valence electrons. The van der Waals surface area contributed by atoms with E-state index in [4.69, 9.17) is 0 Å². The van der Waals surface area contributed by atoms with E-state index in [1.165, 1.54) is 87.6 Å². The number of hydrogen-bond donors (Lipinski definition) is 0. The van der Waals surface area contributed by atoms with Crippen LogP contribution in [0.2, 0.25) is 0 Å². The Kier molecular flexibility index (Phi) is 19.1. The monoisotopic (exact) mass is 1590 g/mol. The molecule has 0 aliphatic rings. The average molecular weight is 1600 g/mol. The second-order valence-corrected chi connectivity index (χ2v) is 33.2. The highest BCUT2D eigenvalue weighted by atomic mass is 14.3. The predicted molar refractivity (Wildman–Crippen MR) is 538 cm³/mol. The smallest absolute Gasteiger partial charge is 0.00257 e. The van der Waals surface area contributed by atoms with Gasteiger partial charge in [0, 0.05) is 0 Å². The van der Waals surface area contributed by atoms with E-state index in [0.29, 0.717) is 0 Å². The molecule has 23 rings (SSSR count). The van der Waals surface area contributed by atoms with Gasteiger partial charge in [-0.25, -0.2) is 0 Å². The molecule has 0 aliphatic carbocycles. The predicted octanol–water partition coefficient (Wildman–Crippen LogP) is 35.3. The highest BCUT2D eigenvalue weighted by molar-refractivity contribution is 6.28. The van der Waals surface area contributed by atoms with Gasteiger partial charge in [0.15, 0.2) is 0 Å². The lowest BCUT2D eigenvalue weighted by molar-refractivity contribution is 1.57. The van der Waals surface area contributed by atoms with Crippen molar-refractivity contribution >= 4 is 64.6 Å². The van der Waals surface area contributed by atoms with Gasteiger partial charge in [0.05, 0.1) is 0 Å². The molecule has 0 fully saturated rings. The number of benzene rings is 23. The van der Waals surface area contributed by atoms with Crippen molar-refractivity contribution in [2.45, 2.75) is 0 Å². The zero-order valence-electron chi connectivity index (χ0n) is 69.3. The number of hydrogen-bond acceptors (Lipinski definition) is 0. The second-order valence-electron chi connectivity index (χ2n) is 33.2. The normalized spacial score (nSPS) is 11.5. The zero-order chi connectivity index (χ0) is 83.4. The van der Waals surface area contributed by atoms with Gasteiger partial charge in [-0.1, -0.05) is 400 Å². The average Bonchev–Trinajstić information content (AvgIpc) is 0.726. The van der Waals surface area contributed by atoms with Gasteiger partial charge in [-0.05, 0) is 340 Å². The Balaban J connectivity index is 0.819. The summed E-state index contributed by atoms with van der Waals surface area (Å²) in [5, 5.41) is 14.0. The second kappa shape index (κ2) is 32.2. The Bertz CT molecular complexity index is 7320. The maximum atomic E-state index is 2.56. The Morgan fingerprint density at radius 1 is 0.0635 bits per heavy atom. The quantitative estimate of drug-likeness (QED) is 0.0846. The minimum absolute atomic E-state index is 1.13. The zero-order valence-corrected chi connectivity index (χ0v) is 69.3. The fourth-order valence-corrected chi connectivity index (χ4v) is 19.8. The van der Waals surface area contributed by atoms with Gasteiger partial charge in [-0.2, -0.15) is 0 Å². The van der Waals surface area contributed by atoms with Crippen LogP contribution in [0.3, 0.4) is 0 Å². The molecule has 0 radical (unpaired) electrons. The van der Waals surface area contributed by atoms with Gasteiger partial charge in [0.25, 0.3) is 0 Å². The first-order chi connectivity index (χ1) is 62.5. The summed E-state index contributed by atoms with van der Waals surface area (Å²) in [6, 6.07) is 186. The Labute approximate surface area is 734 Å². The van der Waals surface area contributed by atoms with Crippen LogP contribution >= 0.6 is 0 Å². The van der Waals surface area contributed by atoms with Crippen LogP contribution in [0.1, 0.15) is 0 Å².